The summed E-state index contributed by atoms with van der Waals surface area (Å²) in [6.07, 6.45) is 1.82. The van der Waals surface area contributed by atoms with Crippen molar-refractivity contribution >= 4 is 0 Å². The fraction of sp³-hybridized carbons (Fsp3) is 0.333. The Kier molecular flexibility index (Phi) is 3.72. The summed E-state index contributed by atoms with van der Waals surface area (Å²) < 4.78 is 0. The van der Waals surface area contributed by atoms with Gasteiger partial charge in [-0.25, -0.2) is 9.97 Å². The van der Waals surface area contributed by atoms with Crippen LogP contribution in [0.4, 0.5) is 0 Å². The van der Waals surface area contributed by atoms with Gasteiger partial charge in [0, 0.05) is 11.8 Å². The van der Waals surface area contributed by atoms with Crippen molar-refractivity contribution in [1.82, 2.24) is 15.3 Å². The summed E-state index contributed by atoms with van der Waals surface area (Å²) in [5.41, 5.74) is 6.06. The van der Waals surface area contributed by atoms with E-state index < -0.39 is 0 Å². The highest BCUT2D eigenvalue weighted by atomic mass is 14.9. The maximum atomic E-state index is 4.59. The fourth-order valence-corrected chi connectivity index (χ4v) is 2.03. The van der Waals surface area contributed by atoms with Crippen LogP contribution in [0, 0.1) is 20.8 Å². The van der Waals surface area contributed by atoms with Gasteiger partial charge in [-0.2, -0.15) is 0 Å². The smallest absolute Gasteiger partial charge is 0.142 e. The van der Waals surface area contributed by atoms with E-state index in [9.17, 15) is 0 Å². The highest BCUT2D eigenvalue weighted by molar-refractivity contribution is 5.65. The molecule has 0 amide bonds. The quantitative estimate of drug-likeness (QED) is 0.898. The highest BCUT2D eigenvalue weighted by Crippen LogP contribution is 2.24. The van der Waals surface area contributed by atoms with E-state index >= 15 is 0 Å². The predicted octanol–water partition coefficient (Wildman–Crippen LogP) is 2.79. The van der Waals surface area contributed by atoms with Gasteiger partial charge in [0.25, 0.3) is 0 Å². The second-order valence-electron chi connectivity index (χ2n) is 4.64. The molecule has 2 rings (SSSR count). The van der Waals surface area contributed by atoms with E-state index in [1.54, 1.807) is 0 Å². The Bertz CT molecular complexity index is 562. The summed E-state index contributed by atoms with van der Waals surface area (Å²) >= 11 is 0. The maximum Gasteiger partial charge on any atom is 0.142 e. The molecule has 0 aliphatic carbocycles. The second kappa shape index (κ2) is 5.27. The zero-order valence-electron chi connectivity index (χ0n) is 11.4. The third-order valence-corrected chi connectivity index (χ3v) is 3.16. The molecule has 0 unspecified atom stereocenters. The van der Waals surface area contributed by atoms with Gasteiger partial charge in [0.1, 0.15) is 5.82 Å². The number of benzene rings is 1. The molecule has 94 valence electrons. The lowest BCUT2D eigenvalue weighted by molar-refractivity contribution is 0.759. The van der Waals surface area contributed by atoms with Crippen LogP contribution in [0.2, 0.25) is 0 Å². The zero-order valence-corrected chi connectivity index (χ0v) is 11.4. The molecule has 18 heavy (non-hydrogen) atoms. The Hall–Kier alpha value is -1.74. The molecule has 0 radical (unpaired) electrons. The van der Waals surface area contributed by atoms with Crippen molar-refractivity contribution < 1.29 is 0 Å². The van der Waals surface area contributed by atoms with Crippen molar-refractivity contribution in [2.24, 2.45) is 0 Å². The van der Waals surface area contributed by atoms with E-state index in [-0.39, 0.29) is 0 Å². The van der Waals surface area contributed by atoms with E-state index in [0.717, 1.165) is 11.5 Å². The first-order valence-corrected chi connectivity index (χ1v) is 6.16. The van der Waals surface area contributed by atoms with Crippen molar-refractivity contribution in [1.29, 1.82) is 0 Å². The summed E-state index contributed by atoms with van der Waals surface area (Å²) in [5.74, 6) is 0.827. The molecule has 0 saturated carbocycles. The molecular weight excluding hydrogens is 222 g/mol. The Labute approximate surface area is 108 Å². The number of hydrogen-bond acceptors (Lipinski definition) is 3. The molecule has 0 aliphatic rings. The largest absolute Gasteiger partial charge is 0.313 e. The average molecular weight is 241 g/mol. The van der Waals surface area contributed by atoms with Gasteiger partial charge in [-0.3, -0.25) is 0 Å². The van der Waals surface area contributed by atoms with Crippen LogP contribution in [-0.2, 0) is 6.54 Å². The summed E-state index contributed by atoms with van der Waals surface area (Å²) in [5, 5.41) is 3.07. The molecule has 0 spiro atoms. The monoisotopic (exact) mass is 241 g/mol. The van der Waals surface area contributed by atoms with Crippen LogP contribution in [0.25, 0.3) is 11.3 Å². The van der Waals surface area contributed by atoms with Crippen molar-refractivity contribution in [3.05, 3.63) is 46.9 Å². The topological polar surface area (TPSA) is 37.8 Å². The third kappa shape index (κ3) is 2.57. The number of nitrogens with one attached hydrogen (secondary N) is 1. The maximum absolute atomic E-state index is 4.59. The normalized spacial score (nSPS) is 10.7. The van der Waals surface area contributed by atoms with Gasteiger partial charge in [0.2, 0.25) is 0 Å². The zero-order chi connectivity index (χ0) is 13.1. The minimum absolute atomic E-state index is 0.692. The van der Waals surface area contributed by atoms with E-state index in [4.69, 9.17) is 0 Å². The van der Waals surface area contributed by atoms with Crippen molar-refractivity contribution in [3.8, 4) is 11.3 Å². The SMILES string of the molecule is CNCc1nccc(-c2cc(C)c(C)cc2C)n1. The molecule has 1 aromatic carbocycles. The number of aromatic nitrogens is 2. The second-order valence-corrected chi connectivity index (χ2v) is 4.64. The first-order valence-electron chi connectivity index (χ1n) is 6.16. The third-order valence-electron chi connectivity index (χ3n) is 3.16. The molecule has 1 N–H and O–H groups in total. The first kappa shape index (κ1) is 12.7. The van der Waals surface area contributed by atoms with Gasteiger partial charge >= 0.3 is 0 Å². The van der Waals surface area contributed by atoms with Crippen LogP contribution >= 0.6 is 0 Å². The van der Waals surface area contributed by atoms with Gasteiger partial charge in [-0.05, 0) is 56.6 Å². The van der Waals surface area contributed by atoms with Gasteiger partial charge in [-0.15, -0.1) is 0 Å². The number of nitrogens with zero attached hydrogens (tertiary/aromatic N) is 2. The van der Waals surface area contributed by atoms with Crippen LogP contribution in [0.15, 0.2) is 24.4 Å². The lowest BCUT2D eigenvalue weighted by Gasteiger charge is -2.10. The highest BCUT2D eigenvalue weighted by Gasteiger charge is 2.07. The number of aryl methyl sites for hydroxylation is 3. The Balaban J connectivity index is 2.48. The summed E-state index contributed by atoms with van der Waals surface area (Å²) in [6.45, 7) is 7.09. The number of rotatable bonds is 3. The minimum atomic E-state index is 0.692. The molecular formula is C15H19N3. The van der Waals surface area contributed by atoms with Gasteiger partial charge in [-0.1, -0.05) is 6.07 Å². The van der Waals surface area contributed by atoms with Crippen molar-refractivity contribution in [3.63, 3.8) is 0 Å². The molecule has 0 fully saturated rings. The van der Waals surface area contributed by atoms with Crippen LogP contribution < -0.4 is 5.32 Å². The summed E-state index contributed by atoms with van der Waals surface area (Å²) in [4.78, 5) is 8.84. The summed E-state index contributed by atoms with van der Waals surface area (Å²) in [6, 6.07) is 6.39. The van der Waals surface area contributed by atoms with Gasteiger partial charge in [0.15, 0.2) is 0 Å². The molecule has 3 heteroatoms. The molecule has 1 heterocycles. The van der Waals surface area contributed by atoms with Gasteiger partial charge < -0.3 is 5.32 Å². The van der Waals surface area contributed by atoms with E-state index in [1.807, 2.05) is 19.3 Å². The Morgan fingerprint density at radius 1 is 1.06 bits per heavy atom. The van der Waals surface area contributed by atoms with Crippen molar-refractivity contribution in [2.75, 3.05) is 7.05 Å². The molecule has 0 saturated heterocycles. The predicted molar refractivity (Wildman–Crippen MR) is 74.4 cm³/mol. The van der Waals surface area contributed by atoms with Crippen molar-refractivity contribution in [2.45, 2.75) is 27.3 Å². The standard InChI is InChI=1S/C15H19N3/c1-10-7-12(3)13(8-11(10)2)14-5-6-17-15(18-14)9-16-4/h5-8,16H,9H2,1-4H3. The minimum Gasteiger partial charge on any atom is -0.313 e. The van der Waals surface area contributed by atoms with Crippen LogP contribution in [0.3, 0.4) is 0 Å². The lowest BCUT2D eigenvalue weighted by atomic mass is 9.99. The molecule has 2 aromatic rings. The Morgan fingerprint density at radius 3 is 2.50 bits per heavy atom. The molecule has 0 bridgehead atoms. The molecule has 0 aliphatic heterocycles. The van der Waals surface area contributed by atoms with E-state index in [0.29, 0.717) is 6.54 Å². The van der Waals surface area contributed by atoms with E-state index in [2.05, 4.69) is 48.2 Å². The van der Waals surface area contributed by atoms with E-state index in [1.165, 1.54) is 22.3 Å². The fourth-order valence-electron chi connectivity index (χ4n) is 2.03. The van der Waals surface area contributed by atoms with Crippen LogP contribution in [0.5, 0.6) is 0 Å². The van der Waals surface area contributed by atoms with Gasteiger partial charge in [0.05, 0.1) is 12.2 Å². The van der Waals surface area contributed by atoms with Crippen LogP contribution in [0.1, 0.15) is 22.5 Å². The number of hydrogen-bond donors (Lipinski definition) is 1. The lowest BCUT2D eigenvalue weighted by Crippen LogP contribution is -2.09. The molecule has 1 aromatic heterocycles. The molecule has 0 atom stereocenters. The molecule has 3 nitrogen and oxygen atoms in total. The first-order chi connectivity index (χ1) is 8.61. The summed E-state index contributed by atoms with van der Waals surface area (Å²) in [7, 11) is 1.90. The Morgan fingerprint density at radius 2 is 1.78 bits per heavy atom. The average Bonchev–Trinajstić information content (AvgIpc) is 2.34. The van der Waals surface area contributed by atoms with Crippen LogP contribution in [-0.4, -0.2) is 17.0 Å².